The Kier molecular flexibility index (Phi) is 15.1. The molecule has 17 heteroatoms. The first kappa shape index (κ1) is 46.3. The highest BCUT2D eigenvalue weighted by molar-refractivity contribution is 7.44. The van der Waals surface area contributed by atoms with Crippen LogP contribution in [0, 0.1) is 17.2 Å². The normalized spacial score (nSPS) is 19.0. The minimum absolute atomic E-state index is 0.00422. The summed E-state index contributed by atoms with van der Waals surface area (Å²) in [6.07, 6.45) is -4.23. The SMILES string of the molecule is COc1ccc(C(c2ccccc2)(c2ccc(OC)cc2)C(O)[C@H]2O[C@@H](n3cnc4c(=O)[nH]c(NC(=O)C(C)C)nc43)[C@H](OC)[C@@H]2OP(OCCC#N)N(C(C)C)C(C)C)cc1. The van der Waals surface area contributed by atoms with Crippen molar-refractivity contribution >= 4 is 31.5 Å². The lowest BCUT2D eigenvalue weighted by molar-refractivity contribution is -0.118. The van der Waals surface area contributed by atoms with E-state index in [1.807, 2.05) is 107 Å². The zero-order valence-corrected chi connectivity index (χ0v) is 37.4. The topological polar surface area (TPSA) is 195 Å². The number of nitrogens with zero attached hydrogens (tertiary/aromatic N) is 5. The van der Waals surface area contributed by atoms with Crippen molar-refractivity contribution in [1.82, 2.24) is 24.2 Å². The summed E-state index contributed by atoms with van der Waals surface area (Å²) in [5, 5.41) is 25.8. The first-order valence-electron chi connectivity index (χ1n) is 20.5. The van der Waals surface area contributed by atoms with Crippen molar-refractivity contribution in [1.29, 1.82) is 5.26 Å². The summed E-state index contributed by atoms with van der Waals surface area (Å²) < 4.78 is 41.8. The molecule has 330 valence electrons. The number of H-pyrrole nitrogens is 1. The molecular formula is C45H56N7O9P. The van der Waals surface area contributed by atoms with Crippen molar-refractivity contribution in [2.24, 2.45) is 5.92 Å². The fraction of sp³-hybridized carbons (Fsp3) is 0.444. The number of ether oxygens (including phenoxy) is 4. The Balaban J connectivity index is 1.61. The lowest BCUT2D eigenvalue weighted by Crippen LogP contribution is -2.53. The third-order valence-electron chi connectivity index (χ3n) is 10.9. The van der Waals surface area contributed by atoms with Gasteiger partial charge in [-0.25, -0.2) is 9.65 Å². The number of benzene rings is 3. The molecule has 1 amide bonds. The van der Waals surface area contributed by atoms with E-state index in [4.69, 9.17) is 28.0 Å². The molecule has 2 unspecified atom stereocenters. The van der Waals surface area contributed by atoms with Gasteiger partial charge in [0.2, 0.25) is 11.9 Å². The molecule has 1 fully saturated rings. The number of aliphatic hydroxyl groups excluding tert-OH is 1. The molecular weight excluding hydrogens is 814 g/mol. The van der Waals surface area contributed by atoms with E-state index in [1.165, 1.54) is 13.4 Å². The molecule has 3 heterocycles. The largest absolute Gasteiger partial charge is 0.497 e. The molecule has 16 nitrogen and oxygen atoms in total. The highest BCUT2D eigenvalue weighted by atomic mass is 31.2. The predicted octanol–water partition coefficient (Wildman–Crippen LogP) is 6.70. The van der Waals surface area contributed by atoms with Crippen LogP contribution in [-0.2, 0) is 28.7 Å². The number of anilines is 1. The summed E-state index contributed by atoms with van der Waals surface area (Å²) in [6, 6.07) is 26.7. The van der Waals surface area contributed by atoms with Crippen molar-refractivity contribution in [3.63, 3.8) is 0 Å². The van der Waals surface area contributed by atoms with E-state index in [0.29, 0.717) is 22.6 Å². The summed E-state index contributed by atoms with van der Waals surface area (Å²) in [4.78, 5) is 37.8. The van der Waals surface area contributed by atoms with E-state index in [1.54, 1.807) is 32.6 Å². The van der Waals surface area contributed by atoms with Crippen LogP contribution in [0.25, 0.3) is 11.2 Å². The van der Waals surface area contributed by atoms with Gasteiger partial charge in [0.05, 0.1) is 45.1 Å². The number of nitriles is 1. The zero-order valence-electron chi connectivity index (χ0n) is 36.5. The Bertz CT molecular complexity index is 2290. The molecule has 6 rings (SSSR count). The molecule has 1 aliphatic rings. The number of amides is 1. The van der Waals surface area contributed by atoms with Crippen LogP contribution in [0.4, 0.5) is 5.95 Å². The number of carbonyl (C=O) groups excluding carboxylic acids is 1. The van der Waals surface area contributed by atoms with Gasteiger partial charge in [0.25, 0.3) is 14.1 Å². The average molecular weight is 870 g/mol. The highest BCUT2D eigenvalue weighted by Gasteiger charge is 2.58. The smallest absolute Gasteiger partial charge is 0.280 e. The number of carbonyl (C=O) groups is 1. The molecule has 62 heavy (non-hydrogen) atoms. The van der Waals surface area contributed by atoms with Crippen molar-refractivity contribution in [3.05, 3.63) is 112 Å². The maximum Gasteiger partial charge on any atom is 0.280 e. The fourth-order valence-electron chi connectivity index (χ4n) is 8.01. The Morgan fingerprint density at radius 3 is 2.03 bits per heavy atom. The Morgan fingerprint density at radius 2 is 1.52 bits per heavy atom. The first-order chi connectivity index (χ1) is 29.8. The first-order valence-corrected chi connectivity index (χ1v) is 21.7. The van der Waals surface area contributed by atoms with E-state index in [0.717, 1.165) is 5.56 Å². The molecule has 1 saturated heterocycles. The molecule has 0 radical (unpaired) electrons. The van der Waals surface area contributed by atoms with Gasteiger partial charge in [0.15, 0.2) is 17.4 Å². The van der Waals surface area contributed by atoms with Crippen molar-refractivity contribution in [2.75, 3.05) is 33.3 Å². The minimum atomic E-state index is -1.92. The van der Waals surface area contributed by atoms with Crippen LogP contribution >= 0.6 is 8.53 Å². The van der Waals surface area contributed by atoms with E-state index in [-0.39, 0.29) is 54.0 Å². The molecule has 6 atom stereocenters. The molecule has 2 aromatic heterocycles. The van der Waals surface area contributed by atoms with Crippen LogP contribution in [-0.4, -0.2) is 99.6 Å². The van der Waals surface area contributed by atoms with E-state index < -0.39 is 50.1 Å². The lowest BCUT2D eigenvalue weighted by atomic mass is 9.64. The number of hydrogen-bond donors (Lipinski definition) is 3. The number of methoxy groups -OCH3 is 3. The zero-order chi connectivity index (χ0) is 44.7. The van der Waals surface area contributed by atoms with Gasteiger partial charge in [-0.15, -0.1) is 0 Å². The quantitative estimate of drug-likeness (QED) is 0.0451. The van der Waals surface area contributed by atoms with Crippen LogP contribution in [0.15, 0.2) is 90.0 Å². The lowest BCUT2D eigenvalue weighted by Gasteiger charge is -2.44. The summed E-state index contributed by atoms with van der Waals surface area (Å²) in [6.45, 7) is 11.7. The Hall–Kier alpha value is -5.24. The highest BCUT2D eigenvalue weighted by Crippen LogP contribution is 2.54. The molecule has 0 bridgehead atoms. The third kappa shape index (κ3) is 9.26. The average Bonchev–Trinajstić information content (AvgIpc) is 3.85. The second-order valence-corrected chi connectivity index (χ2v) is 17.2. The van der Waals surface area contributed by atoms with Crippen molar-refractivity contribution in [3.8, 4) is 17.6 Å². The molecule has 0 aliphatic carbocycles. The van der Waals surface area contributed by atoms with Gasteiger partial charge in [-0.3, -0.25) is 24.5 Å². The molecule has 3 N–H and O–H groups in total. The number of aliphatic hydroxyl groups is 1. The number of imidazole rings is 1. The second kappa shape index (κ2) is 20.3. The minimum Gasteiger partial charge on any atom is -0.497 e. The molecule has 3 aromatic carbocycles. The molecule has 5 aromatic rings. The van der Waals surface area contributed by atoms with Gasteiger partial charge in [-0.2, -0.15) is 10.2 Å². The van der Waals surface area contributed by atoms with Gasteiger partial charge in [-0.05, 0) is 68.7 Å². The Labute approximate surface area is 363 Å². The number of aromatic amines is 1. The van der Waals surface area contributed by atoms with Crippen LogP contribution in [0.2, 0.25) is 0 Å². The number of hydrogen-bond acceptors (Lipinski definition) is 13. The predicted molar refractivity (Wildman–Crippen MR) is 235 cm³/mol. The standard InChI is InChI=1S/C45H56N7O9P/c1-27(2)41(54)49-44-48-40-35(42(55)50-44)47-26-51(40)43-38(58-9)36(61-62(59-25-13-24-46)52(28(3)4)29(5)6)37(60-43)39(53)45(30-14-11-10-12-15-30,31-16-20-33(56-7)21-17-31)32-18-22-34(57-8)23-19-32/h10-12,14-23,26-29,36-39,43,53H,13,25H2,1-9H3,(H2,48,49,50,54,55)/t36-,37+,38-,39?,43-,62?/m1/s1. The van der Waals surface area contributed by atoms with Gasteiger partial charge >= 0.3 is 0 Å². The van der Waals surface area contributed by atoms with Gasteiger partial charge in [0.1, 0.15) is 35.9 Å². The third-order valence-corrected chi connectivity index (χ3v) is 13.0. The number of nitrogens with one attached hydrogen (secondary N) is 2. The summed E-state index contributed by atoms with van der Waals surface area (Å²) in [7, 11) is 2.77. The number of aromatic nitrogens is 4. The van der Waals surface area contributed by atoms with Crippen LogP contribution < -0.4 is 20.3 Å². The van der Waals surface area contributed by atoms with E-state index >= 15 is 0 Å². The number of rotatable bonds is 19. The monoisotopic (exact) mass is 869 g/mol. The van der Waals surface area contributed by atoms with Crippen LogP contribution in [0.3, 0.4) is 0 Å². The van der Waals surface area contributed by atoms with E-state index in [9.17, 15) is 20.0 Å². The van der Waals surface area contributed by atoms with Gasteiger partial charge in [-0.1, -0.05) is 68.4 Å². The molecule has 1 aliphatic heterocycles. The van der Waals surface area contributed by atoms with E-state index in [2.05, 4.69) is 31.0 Å². The molecule has 0 spiro atoms. The second-order valence-electron chi connectivity index (χ2n) is 15.8. The summed E-state index contributed by atoms with van der Waals surface area (Å²) >= 11 is 0. The molecule has 0 saturated carbocycles. The van der Waals surface area contributed by atoms with Crippen molar-refractivity contribution < 1.29 is 37.9 Å². The number of fused-ring (bicyclic) bond motifs is 1. The maximum atomic E-state index is 13.7. The van der Waals surface area contributed by atoms with Crippen LogP contribution in [0.1, 0.15) is 70.9 Å². The summed E-state index contributed by atoms with van der Waals surface area (Å²) in [5.41, 5.74) is 0.347. The Morgan fingerprint density at radius 1 is 0.935 bits per heavy atom. The summed E-state index contributed by atoms with van der Waals surface area (Å²) in [5.74, 6) is 0.443. The van der Waals surface area contributed by atoms with Crippen molar-refractivity contribution in [2.45, 2.75) is 96.1 Å². The fourth-order valence-corrected chi connectivity index (χ4v) is 9.77. The van der Waals surface area contributed by atoms with Gasteiger partial charge < -0.3 is 33.1 Å². The van der Waals surface area contributed by atoms with Gasteiger partial charge in [0, 0.05) is 25.1 Å². The maximum absolute atomic E-state index is 13.7. The van der Waals surface area contributed by atoms with Crippen LogP contribution in [0.5, 0.6) is 11.5 Å².